The van der Waals surface area contributed by atoms with Crippen molar-refractivity contribution < 1.29 is 4.42 Å². The maximum atomic E-state index is 6.25. The van der Waals surface area contributed by atoms with Crippen molar-refractivity contribution in [2.45, 2.75) is 6.92 Å². The molecule has 0 aliphatic heterocycles. The quantitative estimate of drug-likeness (QED) is 0.698. The summed E-state index contributed by atoms with van der Waals surface area (Å²) in [6.07, 6.45) is 1.81. The summed E-state index contributed by atoms with van der Waals surface area (Å²) in [5, 5.41) is 8.44. The zero-order chi connectivity index (χ0) is 14.7. The van der Waals surface area contributed by atoms with Crippen molar-refractivity contribution in [1.82, 2.24) is 10.2 Å². The third-order valence-electron chi connectivity index (χ3n) is 3.02. The number of nitrogens with zero attached hydrogens (tertiary/aromatic N) is 2. The first-order valence-corrected chi connectivity index (χ1v) is 6.93. The van der Waals surface area contributed by atoms with Gasteiger partial charge in [0.25, 0.3) is 5.89 Å². The average Bonchev–Trinajstić information content (AvgIpc) is 3.00. The molecule has 0 atom stereocenters. The van der Waals surface area contributed by atoms with E-state index in [0.29, 0.717) is 16.8 Å². The Hall–Kier alpha value is -2.39. The van der Waals surface area contributed by atoms with Crippen LogP contribution in [-0.2, 0) is 0 Å². The van der Waals surface area contributed by atoms with E-state index in [1.807, 2.05) is 67.6 Å². The van der Waals surface area contributed by atoms with Gasteiger partial charge in [-0.2, -0.15) is 0 Å². The number of rotatable bonds is 3. The molecular formula is C17H13ClN2O. The maximum absolute atomic E-state index is 6.25. The molecule has 0 N–H and O–H groups in total. The van der Waals surface area contributed by atoms with E-state index >= 15 is 0 Å². The lowest BCUT2D eigenvalue weighted by Crippen LogP contribution is -1.79. The Balaban J connectivity index is 1.87. The first-order valence-electron chi connectivity index (χ1n) is 6.55. The molecule has 0 bridgehead atoms. The molecule has 0 saturated heterocycles. The Kier molecular flexibility index (Phi) is 3.84. The molecule has 0 amide bonds. The number of aromatic nitrogens is 2. The van der Waals surface area contributed by atoms with Crippen LogP contribution >= 0.6 is 11.6 Å². The molecule has 0 fully saturated rings. The predicted octanol–water partition coefficient (Wildman–Crippen LogP) is 4.78. The van der Waals surface area contributed by atoms with E-state index in [9.17, 15) is 0 Å². The van der Waals surface area contributed by atoms with Gasteiger partial charge in [0.2, 0.25) is 5.89 Å². The molecule has 21 heavy (non-hydrogen) atoms. The van der Waals surface area contributed by atoms with Gasteiger partial charge in [-0.3, -0.25) is 0 Å². The van der Waals surface area contributed by atoms with E-state index in [0.717, 1.165) is 11.1 Å². The molecular weight excluding hydrogens is 284 g/mol. The van der Waals surface area contributed by atoms with Gasteiger partial charge in [0, 0.05) is 5.56 Å². The fourth-order valence-electron chi connectivity index (χ4n) is 1.89. The smallest absolute Gasteiger partial charge is 0.259 e. The third kappa shape index (κ3) is 3.20. The molecule has 3 rings (SSSR count). The van der Waals surface area contributed by atoms with Crippen molar-refractivity contribution in [3.8, 4) is 11.5 Å². The van der Waals surface area contributed by atoms with Crippen molar-refractivity contribution in [2.24, 2.45) is 0 Å². The van der Waals surface area contributed by atoms with E-state index in [-0.39, 0.29) is 0 Å². The highest BCUT2D eigenvalue weighted by Gasteiger charge is 2.10. The lowest BCUT2D eigenvalue weighted by Gasteiger charge is -1.96. The maximum Gasteiger partial charge on any atom is 0.259 e. The molecule has 0 aliphatic carbocycles. The van der Waals surface area contributed by atoms with Crippen molar-refractivity contribution in [1.29, 1.82) is 0 Å². The molecule has 0 radical (unpaired) electrons. The van der Waals surface area contributed by atoms with Crippen LogP contribution in [0.2, 0.25) is 0 Å². The van der Waals surface area contributed by atoms with Gasteiger partial charge in [-0.15, -0.1) is 10.2 Å². The number of halogens is 1. The summed E-state index contributed by atoms with van der Waals surface area (Å²) in [6, 6.07) is 17.6. The van der Waals surface area contributed by atoms with Gasteiger partial charge in [0.1, 0.15) is 5.03 Å². The Morgan fingerprint density at radius 3 is 2.43 bits per heavy atom. The molecule has 0 saturated carbocycles. The minimum Gasteiger partial charge on any atom is -0.415 e. The fourth-order valence-corrected chi connectivity index (χ4v) is 2.09. The van der Waals surface area contributed by atoms with E-state index in [2.05, 4.69) is 10.2 Å². The van der Waals surface area contributed by atoms with Crippen LogP contribution in [0.5, 0.6) is 0 Å². The van der Waals surface area contributed by atoms with E-state index < -0.39 is 0 Å². The topological polar surface area (TPSA) is 38.9 Å². The van der Waals surface area contributed by atoms with Gasteiger partial charge >= 0.3 is 0 Å². The number of hydrogen-bond acceptors (Lipinski definition) is 3. The summed E-state index contributed by atoms with van der Waals surface area (Å²) in [5.41, 5.74) is 3.06. The van der Waals surface area contributed by atoms with E-state index in [1.54, 1.807) is 0 Å². The molecule has 1 heterocycles. The third-order valence-corrected chi connectivity index (χ3v) is 3.29. The lowest BCUT2D eigenvalue weighted by molar-refractivity contribution is 0.556. The van der Waals surface area contributed by atoms with Crippen LogP contribution in [-0.4, -0.2) is 10.2 Å². The van der Waals surface area contributed by atoms with Gasteiger partial charge in [-0.1, -0.05) is 59.6 Å². The van der Waals surface area contributed by atoms with Crippen LogP contribution in [0.3, 0.4) is 0 Å². The molecule has 2 aromatic carbocycles. The van der Waals surface area contributed by atoms with Crippen LogP contribution in [0.25, 0.3) is 22.6 Å². The van der Waals surface area contributed by atoms with E-state index in [4.69, 9.17) is 16.0 Å². The van der Waals surface area contributed by atoms with Gasteiger partial charge in [0.05, 0.1) is 0 Å². The van der Waals surface area contributed by atoms with Gasteiger partial charge in [-0.05, 0) is 30.7 Å². The molecule has 4 heteroatoms. The Labute approximate surface area is 127 Å². The van der Waals surface area contributed by atoms with Crippen LogP contribution < -0.4 is 0 Å². The van der Waals surface area contributed by atoms with Crippen molar-refractivity contribution in [2.75, 3.05) is 0 Å². The monoisotopic (exact) mass is 296 g/mol. The van der Waals surface area contributed by atoms with Crippen LogP contribution in [0.15, 0.2) is 59.0 Å². The Morgan fingerprint density at radius 1 is 1.00 bits per heavy atom. The molecule has 3 nitrogen and oxygen atoms in total. The molecule has 0 unspecified atom stereocenters. The summed E-state index contributed by atoms with van der Waals surface area (Å²) in [7, 11) is 0. The molecule has 0 spiro atoms. The van der Waals surface area contributed by atoms with Crippen molar-refractivity contribution in [3.63, 3.8) is 0 Å². The second kappa shape index (κ2) is 5.94. The predicted molar refractivity (Wildman–Crippen MR) is 84.6 cm³/mol. The van der Waals surface area contributed by atoms with Gasteiger partial charge in [0.15, 0.2) is 0 Å². The van der Waals surface area contributed by atoms with Crippen LogP contribution in [0, 0.1) is 6.92 Å². The number of hydrogen-bond donors (Lipinski definition) is 0. The van der Waals surface area contributed by atoms with Crippen molar-refractivity contribution >= 4 is 22.7 Å². The summed E-state index contributed by atoms with van der Waals surface area (Å²) < 4.78 is 5.60. The second-order valence-electron chi connectivity index (χ2n) is 4.68. The molecule has 3 aromatic rings. The molecule has 104 valence electrons. The highest BCUT2D eigenvalue weighted by atomic mass is 35.5. The zero-order valence-electron chi connectivity index (χ0n) is 11.5. The minimum atomic E-state index is 0.316. The largest absolute Gasteiger partial charge is 0.415 e. The second-order valence-corrected chi connectivity index (χ2v) is 5.09. The highest BCUT2D eigenvalue weighted by molar-refractivity contribution is 6.50. The molecule has 1 aromatic heterocycles. The lowest BCUT2D eigenvalue weighted by atomic mass is 10.1. The van der Waals surface area contributed by atoms with Gasteiger partial charge < -0.3 is 4.42 Å². The Morgan fingerprint density at radius 2 is 1.71 bits per heavy atom. The summed E-state index contributed by atoms with van der Waals surface area (Å²) in [6.45, 7) is 2.04. The van der Waals surface area contributed by atoms with Crippen LogP contribution in [0.4, 0.5) is 0 Å². The first kappa shape index (κ1) is 13.6. The average molecular weight is 297 g/mol. The summed E-state index contributed by atoms with van der Waals surface area (Å²) in [5.74, 6) is 0.775. The van der Waals surface area contributed by atoms with Crippen molar-refractivity contribution in [3.05, 3.63) is 71.6 Å². The fraction of sp³-hybridized carbons (Fsp3) is 0.0588. The highest BCUT2D eigenvalue weighted by Crippen LogP contribution is 2.25. The minimum absolute atomic E-state index is 0.316. The number of aryl methyl sites for hydroxylation is 1. The zero-order valence-corrected chi connectivity index (χ0v) is 12.2. The standard InChI is InChI=1S/C17H13ClN2O/c1-12-7-9-13(10-8-12)11-15(18)17-20-19-16(21-17)14-5-3-2-4-6-14/h2-11H,1H3/b15-11-. The molecule has 0 aliphatic rings. The summed E-state index contributed by atoms with van der Waals surface area (Å²) >= 11 is 6.25. The Bertz CT molecular complexity index is 761. The van der Waals surface area contributed by atoms with Crippen LogP contribution in [0.1, 0.15) is 17.0 Å². The van der Waals surface area contributed by atoms with Gasteiger partial charge in [-0.25, -0.2) is 0 Å². The summed E-state index contributed by atoms with van der Waals surface area (Å²) in [4.78, 5) is 0. The first-order chi connectivity index (χ1) is 10.2. The SMILES string of the molecule is Cc1ccc(/C=C(\Cl)c2nnc(-c3ccccc3)o2)cc1. The number of benzene rings is 2. The van der Waals surface area contributed by atoms with E-state index in [1.165, 1.54) is 5.56 Å². The normalized spacial score (nSPS) is 11.6.